The minimum atomic E-state index is 0.336. The van der Waals surface area contributed by atoms with Gasteiger partial charge in [-0.05, 0) is 19.1 Å². The van der Waals surface area contributed by atoms with Crippen LogP contribution in [0.5, 0.6) is 5.75 Å². The van der Waals surface area contributed by atoms with Crippen LogP contribution in [0, 0.1) is 18.8 Å². The van der Waals surface area contributed by atoms with Crippen molar-refractivity contribution >= 4 is 0 Å². The molecule has 0 unspecified atom stereocenters. The number of aryl methyl sites for hydroxylation is 1. The van der Waals surface area contributed by atoms with Crippen LogP contribution >= 0.6 is 0 Å². The summed E-state index contributed by atoms with van der Waals surface area (Å²) in [6.45, 7) is 6.43. The van der Waals surface area contributed by atoms with Gasteiger partial charge in [-0.15, -0.1) is 0 Å². The number of nitrogens with zero attached hydrogens (tertiary/aromatic N) is 3. The Labute approximate surface area is 135 Å². The minimum absolute atomic E-state index is 0.336. The van der Waals surface area contributed by atoms with Crippen molar-refractivity contribution < 1.29 is 9.47 Å². The van der Waals surface area contributed by atoms with Gasteiger partial charge in [-0.25, -0.2) is 4.98 Å². The molecule has 0 bridgehead atoms. The SMILES string of the molecule is Cc1ccc(OC[C@@H]2CO[C@@H]3CN(Cc4cnc[nH]4)C[C@H]23)cn1. The van der Waals surface area contributed by atoms with Crippen LogP contribution in [0.1, 0.15) is 11.4 Å². The Morgan fingerprint density at radius 2 is 2.30 bits per heavy atom. The maximum absolute atomic E-state index is 5.98. The number of fused-ring (bicyclic) bond motifs is 1. The highest BCUT2D eigenvalue weighted by Crippen LogP contribution is 2.34. The summed E-state index contributed by atoms with van der Waals surface area (Å²) < 4.78 is 11.9. The zero-order chi connectivity index (χ0) is 15.6. The minimum Gasteiger partial charge on any atom is -0.492 e. The van der Waals surface area contributed by atoms with Gasteiger partial charge in [-0.2, -0.15) is 0 Å². The van der Waals surface area contributed by atoms with Gasteiger partial charge < -0.3 is 14.5 Å². The largest absolute Gasteiger partial charge is 0.492 e. The van der Waals surface area contributed by atoms with Crippen molar-refractivity contribution in [3.63, 3.8) is 0 Å². The van der Waals surface area contributed by atoms with Crippen LogP contribution in [0.25, 0.3) is 0 Å². The zero-order valence-electron chi connectivity index (χ0n) is 13.3. The van der Waals surface area contributed by atoms with Crippen molar-refractivity contribution in [2.24, 2.45) is 11.8 Å². The molecule has 122 valence electrons. The first kappa shape index (κ1) is 14.7. The summed E-state index contributed by atoms with van der Waals surface area (Å²) in [7, 11) is 0. The molecule has 3 atom stereocenters. The highest BCUT2D eigenvalue weighted by Gasteiger charge is 2.44. The number of aromatic nitrogens is 3. The van der Waals surface area contributed by atoms with Crippen molar-refractivity contribution in [2.75, 3.05) is 26.3 Å². The molecule has 6 heteroatoms. The van der Waals surface area contributed by atoms with Crippen molar-refractivity contribution in [3.05, 3.63) is 42.2 Å². The third-order valence-electron chi connectivity index (χ3n) is 4.81. The molecule has 0 saturated carbocycles. The number of hydrogen-bond acceptors (Lipinski definition) is 5. The predicted molar refractivity (Wildman–Crippen MR) is 85.1 cm³/mol. The highest BCUT2D eigenvalue weighted by atomic mass is 16.5. The second-order valence-corrected chi connectivity index (χ2v) is 6.51. The Balaban J connectivity index is 1.32. The van der Waals surface area contributed by atoms with Crippen molar-refractivity contribution in [2.45, 2.75) is 19.6 Å². The molecule has 4 heterocycles. The van der Waals surface area contributed by atoms with Crippen LogP contribution in [-0.2, 0) is 11.3 Å². The molecule has 2 aliphatic heterocycles. The molecule has 2 aromatic rings. The number of rotatable bonds is 5. The van der Waals surface area contributed by atoms with E-state index in [1.54, 1.807) is 12.5 Å². The monoisotopic (exact) mass is 314 g/mol. The number of ether oxygens (including phenoxy) is 2. The quantitative estimate of drug-likeness (QED) is 0.909. The van der Waals surface area contributed by atoms with Crippen LogP contribution in [0.4, 0.5) is 0 Å². The van der Waals surface area contributed by atoms with Crippen molar-refractivity contribution in [3.8, 4) is 5.75 Å². The van der Waals surface area contributed by atoms with Crippen LogP contribution in [0.3, 0.4) is 0 Å². The predicted octanol–water partition coefficient (Wildman–Crippen LogP) is 1.64. The molecule has 2 fully saturated rings. The van der Waals surface area contributed by atoms with Gasteiger partial charge in [0.1, 0.15) is 5.75 Å². The molecule has 2 aliphatic rings. The number of pyridine rings is 1. The molecule has 0 spiro atoms. The van der Waals surface area contributed by atoms with E-state index in [1.807, 2.05) is 25.3 Å². The summed E-state index contributed by atoms with van der Waals surface area (Å²) in [6, 6.07) is 3.96. The lowest BCUT2D eigenvalue weighted by molar-refractivity contribution is 0.0895. The maximum atomic E-state index is 5.98. The number of H-pyrrole nitrogens is 1. The molecule has 0 radical (unpaired) electrons. The Morgan fingerprint density at radius 1 is 1.35 bits per heavy atom. The molecule has 1 N–H and O–H groups in total. The zero-order valence-corrected chi connectivity index (χ0v) is 13.3. The van der Waals surface area contributed by atoms with Gasteiger partial charge >= 0.3 is 0 Å². The Bertz CT molecular complexity index is 629. The van der Waals surface area contributed by atoms with E-state index < -0.39 is 0 Å². The first-order valence-corrected chi connectivity index (χ1v) is 8.14. The number of nitrogens with one attached hydrogen (secondary N) is 1. The third-order valence-corrected chi connectivity index (χ3v) is 4.81. The van der Waals surface area contributed by atoms with Gasteiger partial charge in [0.25, 0.3) is 0 Å². The van der Waals surface area contributed by atoms with Gasteiger partial charge in [0.2, 0.25) is 0 Å². The molecular weight excluding hydrogens is 292 g/mol. The first-order chi connectivity index (χ1) is 11.3. The van der Waals surface area contributed by atoms with E-state index in [-0.39, 0.29) is 0 Å². The van der Waals surface area contributed by atoms with Gasteiger partial charge in [0, 0.05) is 49.1 Å². The molecule has 6 nitrogen and oxygen atoms in total. The highest BCUT2D eigenvalue weighted by molar-refractivity contribution is 5.19. The van der Waals surface area contributed by atoms with Crippen molar-refractivity contribution in [1.29, 1.82) is 0 Å². The standard InChI is InChI=1S/C17H22N4O2/c1-12-2-3-15(5-19-12)22-9-13-10-23-17-8-21(7-16(13)17)6-14-4-18-11-20-14/h2-5,11,13,16-17H,6-10H2,1H3,(H,18,20)/t13-,16-,17-/m1/s1. The number of imidazole rings is 1. The molecule has 0 aliphatic carbocycles. The maximum Gasteiger partial charge on any atom is 0.137 e. The third kappa shape index (κ3) is 3.23. The number of aromatic amines is 1. The molecule has 0 amide bonds. The molecule has 0 aromatic carbocycles. The van der Waals surface area contributed by atoms with Crippen LogP contribution in [-0.4, -0.2) is 52.3 Å². The lowest BCUT2D eigenvalue weighted by atomic mass is 9.94. The summed E-state index contributed by atoms with van der Waals surface area (Å²) in [5, 5.41) is 0. The van der Waals surface area contributed by atoms with Crippen LogP contribution in [0.2, 0.25) is 0 Å². The van der Waals surface area contributed by atoms with E-state index in [2.05, 4.69) is 19.9 Å². The summed E-state index contributed by atoms with van der Waals surface area (Å²) in [5.41, 5.74) is 2.16. The van der Waals surface area contributed by atoms with Crippen molar-refractivity contribution in [1.82, 2.24) is 19.9 Å². The Hall–Kier alpha value is -1.92. The fourth-order valence-electron chi connectivity index (χ4n) is 3.54. The van der Waals surface area contributed by atoms with E-state index in [9.17, 15) is 0 Å². The van der Waals surface area contributed by atoms with E-state index >= 15 is 0 Å². The van der Waals surface area contributed by atoms with Gasteiger partial charge in [0.15, 0.2) is 0 Å². The van der Waals surface area contributed by atoms with E-state index in [0.717, 1.165) is 43.4 Å². The van der Waals surface area contributed by atoms with E-state index in [0.29, 0.717) is 24.5 Å². The molecule has 2 saturated heterocycles. The van der Waals surface area contributed by atoms with Crippen LogP contribution in [0.15, 0.2) is 30.9 Å². The Kier molecular flexibility index (Phi) is 4.01. The van der Waals surface area contributed by atoms with Gasteiger partial charge in [0.05, 0.1) is 31.8 Å². The average Bonchev–Trinajstić information content (AvgIpc) is 3.25. The molecule has 4 rings (SSSR count). The fourth-order valence-corrected chi connectivity index (χ4v) is 3.54. The Morgan fingerprint density at radius 3 is 3.09 bits per heavy atom. The van der Waals surface area contributed by atoms with E-state index in [4.69, 9.17) is 9.47 Å². The van der Waals surface area contributed by atoms with E-state index in [1.165, 1.54) is 0 Å². The second-order valence-electron chi connectivity index (χ2n) is 6.51. The number of hydrogen-bond donors (Lipinski definition) is 1. The normalized spacial score (nSPS) is 27.3. The lowest BCUT2D eigenvalue weighted by Gasteiger charge is -2.19. The smallest absolute Gasteiger partial charge is 0.137 e. The lowest BCUT2D eigenvalue weighted by Crippen LogP contribution is -2.26. The summed E-state index contributed by atoms with van der Waals surface area (Å²) >= 11 is 0. The molecule has 2 aromatic heterocycles. The second kappa shape index (κ2) is 6.29. The van der Waals surface area contributed by atoms with Crippen LogP contribution < -0.4 is 4.74 Å². The van der Waals surface area contributed by atoms with Gasteiger partial charge in [-0.1, -0.05) is 0 Å². The summed E-state index contributed by atoms with van der Waals surface area (Å²) in [5.74, 6) is 1.84. The first-order valence-electron chi connectivity index (χ1n) is 8.14. The molecule has 23 heavy (non-hydrogen) atoms. The summed E-state index contributed by atoms with van der Waals surface area (Å²) in [6.07, 6.45) is 5.75. The fraction of sp³-hybridized carbons (Fsp3) is 0.529. The van der Waals surface area contributed by atoms with Gasteiger partial charge in [-0.3, -0.25) is 9.88 Å². The summed E-state index contributed by atoms with van der Waals surface area (Å²) in [4.78, 5) is 14.0. The average molecular weight is 314 g/mol. The number of likely N-dealkylation sites (tertiary alicyclic amines) is 1. The molecular formula is C17H22N4O2. The topological polar surface area (TPSA) is 63.3 Å².